The molecule has 0 saturated carbocycles. The third-order valence-electron chi connectivity index (χ3n) is 2.63. The fourth-order valence-corrected chi connectivity index (χ4v) is 1.88. The van der Waals surface area contributed by atoms with Gasteiger partial charge in [-0.1, -0.05) is 25.1 Å². The van der Waals surface area contributed by atoms with Crippen LogP contribution in [0.25, 0.3) is 0 Å². The number of anilines is 1. The molecule has 3 N–H and O–H groups in total. The number of para-hydroxylation sites is 1. The van der Waals surface area contributed by atoms with Gasteiger partial charge in [-0.2, -0.15) is 0 Å². The van der Waals surface area contributed by atoms with E-state index in [1.54, 1.807) is 0 Å². The van der Waals surface area contributed by atoms with Crippen LogP contribution < -0.4 is 11.1 Å². The Hall–Kier alpha value is -1.35. The lowest BCUT2D eigenvalue weighted by atomic mass is 9.94. The molecule has 3 nitrogen and oxygen atoms in total. The molecule has 0 bridgehead atoms. The van der Waals surface area contributed by atoms with Gasteiger partial charge in [0.05, 0.1) is 0 Å². The van der Waals surface area contributed by atoms with Crippen LogP contribution in [0.3, 0.4) is 0 Å². The normalized spacial score (nSPS) is 20.1. The highest BCUT2D eigenvalue weighted by molar-refractivity contribution is 5.95. The zero-order valence-electron chi connectivity index (χ0n) is 8.21. The van der Waals surface area contributed by atoms with Crippen molar-refractivity contribution in [3.8, 4) is 0 Å². The molecule has 0 aliphatic carbocycles. The quantitative estimate of drug-likeness (QED) is 0.706. The van der Waals surface area contributed by atoms with Gasteiger partial charge in [0.1, 0.15) is 0 Å². The van der Waals surface area contributed by atoms with E-state index in [1.165, 1.54) is 0 Å². The van der Waals surface area contributed by atoms with Gasteiger partial charge >= 0.3 is 0 Å². The van der Waals surface area contributed by atoms with Gasteiger partial charge in [-0.3, -0.25) is 4.79 Å². The number of nitrogens with two attached hydrogens (primary N) is 1. The first-order chi connectivity index (χ1) is 6.72. The molecule has 74 valence electrons. The fourth-order valence-electron chi connectivity index (χ4n) is 1.88. The van der Waals surface area contributed by atoms with Gasteiger partial charge in [0.25, 0.3) is 0 Å². The second-order valence-corrected chi connectivity index (χ2v) is 3.59. The molecule has 1 atom stereocenters. The summed E-state index contributed by atoms with van der Waals surface area (Å²) < 4.78 is 0. The molecule has 0 radical (unpaired) electrons. The number of amides is 1. The van der Waals surface area contributed by atoms with Crippen LogP contribution in [0, 0.1) is 0 Å². The molecule has 1 unspecified atom stereocenters. The number of carbonyl (C=O) groups is 1. The van der Waals surface area contributed by atoms with E-state index < -0.39 is 0 Å². The highest BCUT2D eigenvalue weighted by atomic mass is 16.1. The molecule has 1 amide bonds. The van der Waals surface area contributed by atoms with E-state index in [2.05, 4.69) is 12.2 Å². The van der Waals surface area contributed by atoms with Crippen molar-refractivity contribution in [1.82, 2.24) is 0 Å². The van der Waals surface area contributed by atoms with Crippen molar-refractivity contribution in [2.24, 2.45) is 5.73 Å². The minimum Gasteiger partial charge on any atom is -0.325 e. The van der Waals surface area contributed by atoms with E-state index in [9.17, 15) is 4.79 Å². The Balaban J connectivity index is 2.52. The lowest BCUT2D eigenvalue weighted by molar-refractivity contribution is -0.116. The van der Waals surface area contributed by atoms with Crippen molar-refractivity contribution < 1.29 is 4.79 Å². The van der Waals surface area contributed by atoms with Crippen molar-refractivity contribution in [3.63, 3.8) is 0 Å². The van der Waals surface area contributed by atoms with E-state index in [4.69, 9.17) is 5.73 Å². The van der Waals surface area contributed by atoms with E-state index in [0.29, 0.717) is 6.42 Å². The maximum atomic E-state index is 11.3. The lowest BCUT2D eigenvalue weighted by Crippen LogP contribution is -2.28. The molecule has 0 saturated heterocycles. The molecule has 1 aliphatic rings. The summed E-state index contributed by atoms with van der Waals surface area (Å²) in [5.41, 5.74) is 9.05. The molecule has 1 aliphatic heterocycles. The average molecular weight is 190 g/mol. The maximum Gasteiger partial charge on any atom is 0.226 e. The van der Waals surface area contributed by atoms with Crippen LogP contribution in [0.15, 0.2) is 18.2 Å². The average Bonchev–Trinajstić information content (AvgIpc) is 2.17. The predicted octanol–water partition coefficient (Wildman–Crippen LogP) is 1.59. The molecule has 1 aromatic rings. The second-order valence-electron chi connectivity index (χ2n) is 3.59. The predicted molar refractivity (Wildman–Crippen MR) is 56.0 cm³/mol. The Labute approximate surface area is 83.3 Å². The Morgan fingerprint density at radius 3 is 3.07 bits per heavy atom. The Bertz CT molecular complexity index is 374. The van der Waals surface area contributed by atoms with Crippen LogP contribution in [0.5, 0.6) is 0 Å². The molecule has 1 aromatic carbocycles. The molecular weight excluding hydrogens is 176 g/mol. The van der Waals surface area contributed by atoms with Gasteiger partial charge in [-0.05, 0) is 17.5 Å². The van der Waals surface area contributed by atoms with Gasteiger partial charge < -0.3 is 11.1 Å². The van der Waals surface area contributed by atoms with E-state index in [-0.39, 0.29) is 11.9 Å². The topological polar surface area (TPSA) is 55.1 Å². The summed E-state index contributed by atoms with van der Waals surface area (Å²) in [6.45, 7) is 2.07. The SMILES string of the molecule is CCc1cccc2c1NC(=O)CC2N. The Kier molecular flexibility index (Phi) is 2.25. The maximum absolute atomic E-state index is 11.3. The lowest BCUT2D eigenvalue weighted by Gasteiger charge is -2.24. The first-order valence-electron chi connectivity index (χ1n) is 4.89. The van der Waals surface area contributed by atoms with Crippen molar-refractivity contribution in [2.75, 3.05) is 5.32 Å². The van der Waals surface area contributed by atoms with Crippen molar-refractivity contribution >= 4 is 11.6 Å². The zero-order chi connectivity index (χ0) is 10.1. The number of rotatable bonds is 1. The minimum atomic E-state index is -0.148. The molecule has 0 fully saturated rings. The Morgan fingerprint density at radius 1 is 1.57 bits per heavy atom. The number of benzene rings is 1. The van der Waals surface area contributed by atoms with Crippen molar-refractivity contribution in [2.45, 2.75) is 25.8 Å². The number of hydrogen-bond acceptors (Lipinski definition) is 2. The largest absolute Gasteiger partial charge is 0.325 e. The monoisotopic (exact) mass is 190 g/mol. The molecule has 0 spiro atoms. The van der Waals surface area contributed by atoms with Crippen LogP contribution >= 0.6 is 0 Å². The third kappa shape index (κ3) is 1.40. The van der Waals surface area contributed by atoms with Crippen LogP contribution in [-0.2, 0) is 11.2 Å². The number of fused-ring (bicyclic) bond motifs is 1. The summed E-state index contributed by atoms with van der Waals surface area (Å²) in [5, 5.41) is 2.89. The highest BCUT2D eigenvalue weighted by Gasteiger charge is 2.23. The number of hydrogen-bond donors (Lipinski definition) is 2. The minimum absolute atomic E-state index is 0.0194. The summed E-state index contributed by atoms with van der Waals surface area (Å²) in [5.74, 6) is 0.0194. The molecule has 2 rings (SSSR count). The molecule has 0 aromatic heterocycles. The van der Waals surface area contributed by atoms with Gasteiger partial charge in [-0.15, -0.1) is 0 Å². The summed E-state index contributed by atoms with van der Waals surface area (Å²) in [6.07, 6.45) is 1.30. The van der Waals surface area contributed by atoms with E-state index in [0.717, 1.165) is 23.2 Å². The zero-order valence-corrected chi connectivity index (χ0v) is 8.21. The van der Waals surface area contributed by atoms with E-state index >= 15 is 0 Å². The van der Waals surface area contributed by atoms with E-state index in [1.807, 2.05) is 18.2 Å². The summed E-state index contributed by atoms with van der Waals surface area (Å²) in [6, 6.07) is 5.86. The second kappa shape index (κ2) is 3.42. The summed E-state index contributed by atoms with van der Waals surface area (Å²) in [7, 11) is 0. The molecule has 1 heterocycles. The molecular formula is C11H14N2O. The van der Waals surface area contributed by atoms with Crippen molar-refractivity contribution in [3.05, 3.63) is 29.3 Å². The smallest absolute Gasteiger partial charge is 0.226 e. The van der Waals surface area contributed by atoms with Crippen LogP contribution in [0.1, 0.15) is 30.5 Å². The number of nitrogens with one attached hydrogen (secondary N) is 1. The van der Waals surface area contributed by atoms with Crippen molar-refractivity contribution in [1.29, 1.82) is 0 Å². The first-order valence-corrected chi connectivity index (χ1v) is 4.89. The number of carbonyl (C=O) groups excluding carboxylic acids is 1. The molecule has 3 heteroatoms. The highest BCUT2D eigenvalue weighted by Crippen LogP contribution is 2.31. The first kappa shape index (κ1) is 9.21. The van der Waals surface area contributed by atoms with Crippen LogP contribution in [0.4, 0.5) is 5.69 Å². The van der Waals surface area contributed by atoms with Gasteiger partial charge in [0.2, 0.25) is 5.91 Å². The third-order valence-corrected chi connectivity index (χ3v) is 2.63. The van der Waals surface area contributed by atoms with Crippen LogP contribution in [-0.4, -0.2) is 5.91 Å². The standard InChI is InChI=1S/C11H14N2O/c1-2-7-4-3-5-8-9(12)6-10(14)13-11(7)8/h3-5,9H,2,6,12H2,1H3,(H,13,14). The van der Waals surface area contributed by atoms with Gasteiger partial charge in [0, 0.05) is 18.2 Å². The van der Waals surface area contributed by atoms with Gasteiger partial charge in [-0.25, -0.2) is 0 Å². The Morgan fingerprint density at radius 2 is 2.36 bits per heavy atom. The molecule has 14 heavy (non-hydrogen) atoms. The summed E-state index contributed by atoms with van der Waals surface area (Å²) >= 11 is 0. The van der Waals surface area contributed by atoms with Gasteiger partial charge in [0.15, 0.2) is 0 Å². The van der Waals surface area contributed by atoms with Crippen LogP contribution in [0.2, 0.25) is 0 Å². The fraction of sp³-hybridized carbons (Fsp3) is 0.364. The number of aryl methyl sites for hydroxylation is 1. The summed E-state index contributed by atoms with van der Waals surface area (Å²) in [4.78, 5) is 11.3.